The summed E-state index contributed by atoms with van der Waals surface area (Å²) in [6, 6.07) is 18.5. The van der Waals surface area contributed by atoms with E-state index in [1.54, 1.807) is 42.5 Å². The number of sulfone groups is 1. The van der Waals surface area contributed by atoms with Gasteiger partial charge in [-0.2, -0.15) is 0 Å². The maximum atomic E-state index is 15.4. The molecule has 3 aromatic carbocycles. The third kappa shape index (κ3) is 5.22. The molecule has 208 valence electrons. The second-order valence-corrected chi connectivity index (χ2v) is 11.7. The van der Waals surface area contributed by atoms with Crippen molar-refractivity contribution in [2.45, 2.75) is 34.5 Å². The van der Waals surface area contributed by atoms with Gasteiger partial charge in [0, 0.05) is 30.2 Å². The maximum Gasteiger partial charge on any atom is 0.329 e. The van der Waals surface area contributed by atoms with Crippen molar-refractivity contribution in [3.05, 3.63) is 83.9 Å². The number of nitrogens with one attached hydrogen (secondary N) is 1. The summed E-state index contributed by atoms with van der Waals surface area (Å²) >= 11 is 0. The van der Waals surface area contributed by atoms with Crippen LogP contribution in [0, 0.1) is 0 Å². The molecule has 2 atom stereocenters. The van der Waals surface area contributed by atoms with E-state index >= 15 is 4.39 Å². The fraction of sp³-hybridized carbons (Fsp3) is 0.276. The summed E-state index contributed by atoms with van der Waals surface area (Å²) in [6.45, 7) is -1.24. The first-order valence-electron chi connectivity index (χ1n) is 12.6. The van der Waals surface area contributed by atoms with E-state index in [1.807, 2.05) is 6.07 Å². The summed E-state index contributed by atoms with van der Waals surface area (Å²) in [6.07, 6.45) is -0.299. The van der Waals surface area contributed by atoms with E-state index in [2.05, 4.69) is 5.32 Å². The van der Waals surface area contributed by atoms with Gasteiger partial charge in [-0.1, -0.05) is 48.5 Å². The highest BCUT2D eigenvalue weighted by Crippen LogP contribution is 2.43. The Morgan fingerprint density at radius 1 is 1.00 bits per heavy atom. The monoisotopic (exact) mass is 566 g/mol. The van der Waals surface area contributed by atoms with Crippen LogP contribution < -0.4 is 5.32 Å². The number of carbonyl (C=O) groups is 3. The lowest BCUT2D eigenvalue weighted by atomic mass is 10.0. The molecule has 5 rings (SSSR count). The number of ether oxygens (including phenoxy) is 2. The standard InChI is InChI=1S/C29H27FN2O7S/c1-38-18-29(30)14-23(28(35)39-16-19-7-3-2-4-8-19)32(17-29)26(33)15-31-27(34)20-11-12-25-22(13-20)21-9-5-6-10-24(21)40(25,36)37/h2-13,23H,14-18H2,1H3,(H,31,34)/t23-,29+/m0/s1. The molecule has 0 saturated carbocycles. The number of amides is 2. The van der Waals surface area contributed by atoms with Gasteiger partial charge in [-0.3, -0.25) is 9.59 Å². The fourth-order valence-electron chi connectivity index (χ4n) is 5.11. The van der Waals surface area contributed by atoms with Crippen molar-refractivity contribution < 1.29 is 36.7 Å². The third-order valence-electron chi connectivity index (χ3n) is 7.01. The number of hydrogen-bond acceptors (Lipinski definition) is 7. The van der Waals surface area contributed by atoms with E-state index in [1.165, 1.54) is 31.4 Å². The first-order valence-corrected chi connectivity index (χ1v) is 14.1. The van der Waals surface area contributed by atoms with E-state index in [4.69, 9.17) is 9.47 Å². The van der Waals surface area contributed by atoms with Gasteiger partial charge < -0.3 is 19.7 Å². The molecule has 0 spiro atoms. The summed E-state index contributed by atoms with van der Waals surface area (Å²) in [7, 11) is -2.35. The predicted octanol–water partition coefficient (Wildman–Crippen LogP) is 2.93. The van der Waals surface area contributed by atoms with Crippen molar-refractivity contribution in [1.82, 2.24) is 10.2 Å². The number of rotatable bonds is 8. The molecule has 9 nitrogen and oxygen atoms in total. The number of likely N-dealkylation sites (tertiary alicyclic amines) is 1. The number of carbonyl (C=O) groups excluding carboxylic acids is 3. The molecule has 0 aromatic heterocycles. The molecular formula is C29H27FN2O7S. The molecule has 11 heteroatoms. The van der Waals surface area contributed by atoms with Crippen molar-refractivity contribution in [2.24, 2.45) is 0 Å². The molecule has 2 aliphatic heterocycles. The van der Waals surface area contributed by atoms with Crippen LogP contribution in [0.25, 0.3) is 11.1 Å². The first-order chi connectivity index (χ1) is 19.1. The molecule has 0 bridgehead atoms. The Kier molecular flexibility index (Phi) is 7.43. The Morgan fingerprint density at radius 2 is 1.70 bits per heavy atom. The van der Waals surface area contributed by atoms with Gasteiger partial charge in [-0.25, -0.2) is 17.6 Å². The fourth-order valence-corrected chi connectivity index (χ4v) is 6.78. The van der Waals surface area contributed by atoms with Crippen LogP contribution in [0.1, 0.15) is 22.3 Å². The minimum Gasteiger partial charge on any atom is -0.459 e. The summed E-state index contributed by atoms with van der Waals surface area (Å²) in [5.41, 5.74) is -0.166. The van der Waals surface area contributed by atoms with Gasteiger partial charge >= 0.3 is 5.97 Å². The quantitative estimate of drug-likeness (QED) is 0.326. The van der Waals surface area contributed by atoms with E-state index in [-0.39, 0.29) is 35.0 Å². The van der Waals surface area contributed by atoms with Crippen LogP contribution >= 0.6 is 0 Å². The van der Waals surface area contributed by atoms with Crippen LogP contribution in [-0.4, -0.2) is 69.6 Å². The average Bonchev–Trinajstić information content (AvgIpc) is 3.42. The summed E-state index contributed by atoms with van der Waals surface area (Å²) in [5.74, 6) is -2.04. The van der Waals surface area contributed by atoms with Gasteiger partial charge in [0.15, 0.2) is 5.67 Å². The lowest BCUT2D eigenvalue weighted by molar-refractivity contribution is -0.154. The molecule has 0 radical (unpaired) electrons. The summed E-state index contributed by atoms with van der Waals surface area (Å²) in [4.78, 5) is 40.3. The van der Waals surface area contributed by atoms with Crippen LogP contribution in [-0.2, 0) is 35.5 Å². The highest BCUT2D eigenvalue weighted by atomic mass is 32.2. The Morgan fingerprint density at radius 3 is 2.45 bits per heavy atom. The van der Waals surface area contributed by atoms with Gasteiger partial charge in [0.05, 0.1) is 29.5 Å². The Hall–Kier alpha value is -4.09. The number of alkyl halides is 1. The van der Waals surface area contributed by atoms with Crippen LogP contribution in [0.3, 0.4) is 0 Å². The zero-order chi connectivity index (χ0) is 28.5. The topological polar surface area (TPSA) is 119 Å². The molecule has 3 aromatic rings. The number of methoxy groups -OCH3 is 1. The molecule has 1 fully saturated rings. The van der Waals surface area contributed by atoms with Crippen LogP contribution in [0.4, 0.5) is 4.39 Å². The third-order valence-corrected chi connectivity index (χ3v) is 8.88. The van der Waals surface area contributed by atoms with E-state index in [0.29, 0.717) is 11.1 Å². The van der Waals surface area contributed by atoms with Gasteiger partial charge in [0.2, 0.25) is 15.7 Å². The number of benzene rings is 3. The van der Waals surface area contributed by atoms with Crippen molar-refractivity contribution >= 4 is 27.6 Å². The summed E-state index contributed by atoms with van der Waals surface area (Å²) in [5, 5.41) is 2.50. The van der Waals surface area contributed by atoms with Crippen molar-refractivity contribution in [3.8, 4) is 11.1 Å². The lowest BCUT2D eigenvalue weighted by Gasteiger charge is -2.23. The average molecular weight is 567 g/mol. The number of nitrogens with zero attached hydrogens (tertiary/aromatic N) is 1. The summed E-state index contributed by atoms with van der Waals surface area (Å²) < 4.78 is 51.4. The predicted molar refractivity (Wildman–Crippen MR) is 142 cm³/mol. The normalized spacial score (nSPS) is 20.4. The van der Waals surface area contributed by atoms with Crippen molar-refractivity contribution in [2.75, 3.05) is 26.8 Å². The van der Waals surface area contributed by atoms with Crippen molar-refractivity contribution in [3.63, 3.8) is 0 Å². The second kappa shape index (κ2) is 10.8. The minimum absolute atomic E-state index is 0.0321. The largest absolute Gasteiger partial charge is 0.459 e. The molecule has 2 amide bonds. The SMILES string of the molecule is COC[C@@]1(F)C[C@@H](C(=O)OCc2ccccc2)N(C(=O)CNC(=O)c2ccc3c(c2)-c2ccccc2S3(=O)=O)C1. The molecule has 0 unspecified atom stereocenters. The van der Waals surface area contributed by atoms with Crippen molar-refractivity contribution in [1.29, 1.82) is 0 Å². The minimum atomic E-state index is -3.68. The lowest BCUT2D eigenvalue weighted by Crippen LogP contribution is -2.46. The van der Waals surface area contributed by atoms with Crippen LogP contribution in [0.2, 0.25) is 0 Å². The number of fused-ring (bicyclic) bond motifs is 3. The first kappa shape index (κ1) is 27.5. The van der Waals surface area contributed by atoms with Gasteiger partial charge in [0.25, 0.3) is 5.91 Å². The Labute approximate surface area is 230 Å². The van der Waals surface area contributed by atoms with Crippen LogP contribution in [0.5, 0.6) is 0 Å². The second-order valence-electron chi connectivity index (χ2n) is 9.81. The molecule has 40 heavy (non-hydrogen) atoms. The Bertz CT molecular complexity index is 1580. The maximum absolute atomic E-state index is 15.4. The molecule has 1 saturated heterocycles. The van der Waals surface area contributed by atoms with Gasteiger partial charge in [-0.15, -0.1) is 0 Å². The molecule has 0 aliphatic carbocycles. The highest BCUT2D eigenvalue weighted by Gasteiger charge is 2.50. The molecule has 2 heterocycles. The zero-order valence-corrected chi connectivity index (χ0v) is 22.4. The number of hydrogen-bond donors (Lipinski definition) is 1. The highest BCUT2D eigenvalue weighted by molar-refractivity contribution is 7.92. The number of esters is 1. The number of halogens is 1. The smallest absolute Gasteiger partial charge is 0.329 e. The van der Waals surface area contributed by atoms with Gasteiger partial charge in [0.1, 0.15) is 12.6 Å². The Balaban J connectivity index is 1.28. The van der Waals surface area contributed by atoms with E-state index in [0.717, 1.165) is 10.5 Å². The zero-order valence-electron chi connectivity index (χ0n) is 21.6. The molecule has 2 aliphatic rings. The molecule has 1 N–H and O–H groups in total. The van der Waals surface area contributed by atoms with E-state index in [9.17, 15) is 22.8 Å². The molecular weight excluding hydrogens is 539 g/mol. The van der Waals surface area contributed by atoms with Gasteiger partial charge in [-0.05, 0) is 29.8 Å². The van der Waals surface area contributed by atoms with E-state index < -0.39 is 52.4 Å². The van der Waals surface area contributed by atoms with Crippen LogP contribution in [0.15, 0.2) is 82.6 Å².